The molecular weight excluding hydrogens is 202 g/mol. The quantitative estimate of drug-likeness (QED) is 0.597. The number of ether oxygens (including phenoxy) is 1. The van der Waals surface area contributed by atoms with Crippen LogP contribution in [0.15, 0.2) is 18.3 Å². The lowest BCUT2D eigenvalue weighted by Gasteiger charge is -2.30. The zero-order valence-corrected chi connectivity index (χ0v) is 9.65. The summed E-state index contributed by atoms with van der Waals surface area (Å²) in [5.74, 6) is 6.12. The highest BCUT2D eigenvalue weighted by atomic mass is 16.5. The monoisotopic (exact) mass is 221 g/mol. The number of hydrogen-bond donors (Lipinski definition) is 2. The minimum absolute atomic E-state index is 0.169. The molecule has 2 heterocycles. The lowest BCUT2D eigenvalue weighted by atomic mass is 9.89. The second-order valence-corrected chi connectivity index (χ2v) is 4.35. The third-order valence-electron chi connectivity index (χ3n) is 3.13. The van der Waals surface area contributed by atoms with E-state index in [0.29, 0.717) is 5.92 Å². The van der Waals surface area contributed by atoms with E-state index < -0.39 is 0 Å². The number of hydrazine groups is 1. The fourth-order valence-electron chi connectivity index (χ4n) is 2.29. The van der Waals surface area contributed by atoms with Crippen LogP contribution in [0.2, 0.25) is 0 Å². The molecule has 16 heavy (non-hydrogen) atoms. The van der Waals surface area contributed by atoms with Crippen LogP contribution < -0.4 is 11.3 Å². The van der Waals surface area contributed by atoms with Crippen molar-refractivity contribution in [3.05, 3.63) is 29.6 Å². The van der Waals surface area contributed by atoms with Gasteiger partial charge in [-0.15, -0.1) is 0 Å². The first kappa shape index (κ1) is 11.5. The van der Waals surface area contributed by atoms with Crippen LogP contribution in [0.5, 0.6) is 0 Å². The van der Waals surface area contributed by atoms with E-state index in [1.54, 1.807) is 0 Å². The van der Waals surface area contributed by atoms with E-state index >= 15 is 0 Å². The topological polar surface area (TPSA) is 60.2 Å². The number of aryl methyl sites for hydroxylation is 1. The Morgan fingerprint density at radius 1 is 1.62 bits per heavy atom. The van der Waals surface area contributed by atoms with Gasteiger partial charge in [0.15, 0.2) is 0 Å². The molecule has 0 aliphatic carbocycles. The zero-order chi connectivity index (χ0) is 11.4. The van der Waals surface area contributed by atoms with Crippen LogP contribution in [-0.4, -0.2) is 18.2 Å². The normalized spacial score (nSPS) is 23.0. The van der Waals surface area contributed by atoms with Gasteiger partial charge in [0.05, 0.1) is 12.6 Å². The lowest BCUT2D eigenvalue weighted by molar-refractivity contribution is 0.0390. The number of nitrogens with one attached hydrogen (secondary N) is 1. The second kappa shape index (κ2) is 5.39. The van der Waals surface area contributed by atoms with Crippen molar-refractivity contribution in [1.29, 1.82) is 0 Å². The standard InChI is InChI=1S/C12H19N3O/c1-9-7-10(4-5-14-9)12(15-13)11-3-2-6-16-8-11/h4-5,7,11-12,15H,2-3,6,8,13H2,1H3. The molecule has 1 aromatic rings. The Morgan fingerprint density at radius 2 is 2.50 bits per heavy atom. The van der Waals surface area contributed by atoms with Gasteiger partial charge in [0.1, 0.15) is 0 Å². The van der Waals surface area contributed by atoms with Crippen LogP contribution >= 0.6 is 0 Å². The van der Waals surface area contributed by atoms with Gasteiger partial charge in [0, 0.05) is 24.4 Å². The van der Waals surface area contributed by atoms with Gasteiger partial charge in [-0.25, -0.2) is 0 Å². The maximum absolute atomic E-state index is 5.66. The first-order chi connectivity index (χ1) is 7.81. The van der Waals surface area contributed by atoms with Crippen LogP contribution in [0.1, 0.15) is 30.1 Å². The predicted octanol–water partition coefficient (Wildman–Crippen LogP) is 1.32. The molecule has 0 amide bonds. The van der Waals surface area contributed by atoms with Gasteiger partial charge in [0.2, 0.25) is 0 Å². The summed E-state index contributed by atoms with van der Waals surface area (Å²) in [4.78, 5) is 4.20. The minimum Gasteiger partial charge on any atom is -0.381 e. The molecule has 2 rings (SSSR count). The Hall–Kier alpha value is -0.970. The van der Waals surface area contributed by atoms with Crippen molar-refractivity contribution in [1.82, 2.24) is 10.4 Å². The average molecular weight is 221 g/mol. The predicted molar refractivity (Wildman–Crippen MR) is 62.6 cm³/mol. The Balaban J connectivity index is 2.14. The molecule has 0 bridgehead atoms. The molecule has 4 nitrogen and oxygen atoms in total. The molecule has 3 N–H and O–H groups in total. The van der Waals surface area contributed by atoms with Gasteiger partial charge in [0.25, 0.3) is 0 Å². The van der Waals surface area contributed by atoms with Crippen LogP contribution in [0.4, 0.5) is 0 Å². The Labute approximate surface area is 96.2 Å². The zero-order valence-electron chi connectivity index (χ0n) is 9.65. The van der Waals surface area contributed by atoms with E-state index in [4.69, 9.17) is 10.6 Å². The molecule has 4 heteroatoms. The molecule has 0 saturated carbocycles. The van der Waals surface area contributed by atoms with Gasteiger partial charge >= 0.3 is 0 Å². The molecule has 1 aromatic heterocycles. The summed E-state index contributed by atoms with van der Waals surface area (Å²) >= 11 is 0. The van der Waals surface area contributed by atoms with Gasteiger partial charge in [-0.2, -0.15) is 0 Å². The van der Waals surface area contributed by atoms with E-state index in [2.05, 4.69) is 16.5 Å². The SMILES string of the molecule is Cc1cc(C(NN)C2CCCOC2)ccn1. The number of aromatic nitrogens is 1. The Morgan fingerprint density at radius 3 is 3.12 bits per heavy atom. The lowest BCUT2D eigenvalue weighted by Crippen LogP contribution is -2.37. The molecule has 2 unspecified atom stereocenters. The molecular formula is C12H19N3O. The summed E-state index contributed by atoms with van der Waals surface area (Å²) in [5.41, 5.74) is 5.13. The van der Waals surface area contributed by atoms with Gasteiger partial charge in [-0.05, 0) is 37.5 Å². The minimum atomic E-state index is 0.169. The van der Waals surface area contributed by atoms with Crippen molar-refractivity contribution in [3.63, 3.8) is 0 Å². The summed E-state index contributed by atoms with van der Waals surface area (Å²) in [6.45, 7) is 3.66. The van der Waals surface area contributed by atoms with Gasteiger partial charge in [-0.1, -0.05) is 0 Å². The molecule has 1 fully saturated rings. The third kappa shape index (κ3) is 2.58. The largest absolute Gasteiger partial charge is 0.381 e. The molecule has 0 radical (unpaired) electrons. The highest BCUT2D eigenvalue weighted by Gasteiger charge is 2.24. The second-order valence-electron chi connectivity index (χ2n) is 4.35. The van der Waals surface area contributed by atoms with Gasteiger partial charge in [-0.3, -0.25) is 16.3 Å². The summed E-state index contributed by atoms with van der Waals surface area (Å²) < 4.78 is 5.51. The Bertz CT molecular complexity index is 337. The van der Waals surface area contributed by atoms with Crippen molar-refractivity contribution in [2.75, 3.05) is 13.2 Å². The molecule has 1 saturated heterocycles. The van der Waals surface area contributed by atoms with Crippen molar-refractivity contribution in [2.45, 2.75) is 25.8 Å². The van der Waals surface area contributed by atoms with Crippen LogP contribution in [0, 0.1) is 12.8 Å². The smallest absolute Gasteiger partial charge is 0.0513 e. The third-order valence-corrected chi connectivity index (χ3v) is 3.13. The summed E-state index contributed by atoms with van der Waals surface area (Å²) in [5, 5.41) is 0. The van der Waals surface area contributed by atoms with Crippen LogP contribution in [-0.2, 0) is 4.74 Å². The van der Waals surface area contributed by atoms with E-state index in [9.17, 15) is 0 Å². The molecule has 0 aromatic carbocycles. The highest BCUT2D eigenvalue weighted by Crippen LogP contribution is 2.28. The van der Waals surface area contributed by atoms with E-state index in [1.807, 2.05) is 19.2 Å². The van der Waals surface area contributed by atoms with Crippen molar-refractivity contribution in [2.24, 2.45) is 11.8 Å². The van der Waals surface area contributed by atoms with Crippen molar-refractivity contribution in [3.8, 4) is 0 Å². The van der Waals surface area contributed by atoms with E-state index in [1.165, 1.54) is 5.56 Å². The number of rotatable bonds is 3. The molecule has 0 spiro atoms. The maximum atomic E-state index is 5.66. The first-order valence-corrected chi connectivity index (χ1v) is 5.77. The fraction of sp³-hybridized carbons (Fsp3) is 0.583. The number of nitrogens with zero attached hydrogens (tertiary/aromatic N) is 1. The van der Waals surface area contributed by atoms with Gasteiger partial charge < -0.3 is 4.74 Å². The molecule has 88 valence electrons. The van der Waals surface area contributed by atoms with E-state index in [-0.39, 0.29) is 6.04 Å². The average Bonchev–Trinajstić information content (AvgIpc) is 2.31. The molecule has 1 aliphatic rings. The first-order valence-electron chi connectivity index (χ1n) is 5.77. The van der Waals surface area contributed by atoms with E-state index in [0.717, 1.165) is 31.7 Å². The van der Waals surface area contributed by atoms with Crippen LogP contribution in [0.25, 0.3) is 0 Å². The summed E-state index contributed by atoms with van der Waals surface area (Å²) in [7, 11) is 0. The molecule has 1 aliphatic heterocycles. The van der Waals surface area contributed by atoms with Crippen LogP contribution in [0.3, 0.4) is 0 Å². The summed E-state index contributed by atoms with van der Waals surface area (Å²) in [6, 6.07) is 4.27. The maximum Gasteiger partial charge on any atom is 0.0513 e. The summed E-state index contributed by atoms with van der Waals surface area (Å²) in [6.07, 6.45) is 4.11. The highest BCUT2D eigenvalue weighted by molar-refractivity contribution is 5.20. The molecule has 2 atom stereocenters. The fourth-order valence-corrected chi connectivity index (χ4v) is 2.29. The van der Waals surface area contributed by atoms with Crippen molar-refractivity contribution < 1.29 is 4.74 Å². The van der Waals surface area contributed by atoms with Crippen molar-refractivity contribution >= 4 is 0 Å². The Kier molecular flexibility index (Phi) is 3.88. The number of hydrogen-bond acceptors (Lipinski definition) is 4. The number of pyridine rings is 1. The number of nitrogens with two attached hydrogens (primary N) is 1.